The summed E-state index contributed by atoms with van der Waals surface area (Å²) in [6.45, 7) is 8.46. The summed E-state index contributed by atoms with van der Waals surface area (Å²) >= 11 is 0. The van der Waals surface area contributed by atoms with Crippen LogP contribution in [0.2, 0.25) is 0 Å². The molecule has 1 aliphatic rings. The summed E-state index contributed by atoms with van der Waals surface area (Å²) in [4.78, 5) is 22.2. The van der Waals surface area contributed by atoms with E-state index in [2.05, 4.69) is 34.2 Å². The lowest BCUT2D eigenvalue weighted by Crippen LogP contribution is -2.49. The highest BCUT2D eigenvalue weighted by atomic mass is 16.5. The van der Waals surface area contributed by atoms with Gasteiger partial charge in [-0.1, -0.05) is 42.5 Å². The molecule has 0 radical (unpaired) electrons. The molecule has 1 fully saturated rings. The number of benzene rings is 1. The molecule has 0 bridgehead atoms. The summed E-state index contributed by atoms with van der Waals surface area (Å²) in [5, 5.41) is 0. The first-order valence-corrected chi connectivity index (χ1v) is 10.5. The van der Waals surface area contributed by atoms with Gasteiger partial charge in [0.05, 0.1) is 12.3 Å². The van der Waals surface area contributed by atoms with E-state index in [1.807, 2.05) is 59.7 Å². The Labute approximate surface area is 177 Å². The topological polar surface area (TPSA) is 50.1 Å². The molecule has 0 N–H and O–H groups in total. The molecule has 1 saturated heterocycles. The smallest absolute Gasteiger partial charge is 0.272 e. The zero-order chi connectivity index (χ0) is 20.9. The third-order valence-corrected chi connectivity index (χ3v) is 5.42. The molecule has 0 unspecified atom stereocenters. The Morgan fingerprint density at radius 2 is 1.87 bits per heavy atom. The van der Waals surface area contributed by atoms with E-state index in [1.165, 1.54) is 5.56 Å². The van der Waals surface area contributed by atoms with Gasteiger partial charge >= 0.3 is 0 Å². The Bertz CT molecular complexity index is 1030. The van der Waals surface area contributed by atoms with E-state index in [9.17, 15) is 4.79 Å². The number of aryl methyl sites for hydroxylation is 1. The molecule has 3 aromatic rings. The van der Waals surface area contributed by atoms with Gasteiger partial charge in [0.15, 0.2) is 11.4 Å². The second-order valence-corrected chi connectivity index (χ2v) is 7.45. The number of piperazine rings is 1. The molecular weight excluding hydrogens is 376 g/mol. The number of carbonyl (C=O) groups is 1. The van der Waals surface area contributed by atoms with Crippen LogP contribution in [0.4, 0.5) is 0 Å². The first-order valence-electron chi connectivity index (χ1n) is 10.5. The molecule has 3 heterocycles. The first-order chi connectivity index (χ1) is 14.7. The number of nitrogens with zero attached hydrogens (tertiary/aromatic N) is 4. The average molecular weight is 405 g/mol. The van der Waals surface area contributed by atoms with Gasteiger partial charge < -0.3 is 9.64 Å². The second kappa shape index (κ2) is 9.13. The van der Waals surface area contributed by atoms with Crippen molar-refractivity contribution in [2.24, 2.45) is 0 Å². The maximum absolute atomic E-state index is 13.3. The predicted octanol–water partition coefficient (Wildman–Crippen LogP) is 3.51. The summed E-state index contributed by atoms with van der Waals surface area (Å²) in [7, 11) is 0. The quantitative estimate of drug-likeness (QED) is 0.631. The fraction of sp³-hybridized carbons (Fsp3) is 0.333. The van der Waals surface area contributed by atoms with Crippen LogP contribution in [-0.2, 0) is 0 Å². The van der Waals surface area contributed by atoms with Gasteiger partial charge in [0.25, 0.3) is 5.91 Å². The number of hydrogen-bond donors (Lipinski definition) is 0. The summed E-state index contributed by atoms with van der Waals surface area (Å²) < 4.78 is 7.53. The van der Waals surface area contributed by atoms with Gasteiger partial charge in [0.2, 0.25) is 0 Å². The molecule has 4 rings (SSSR count). The van der Waals surface area contributed by atoms with Gasteiger partial charge in [0.1, 0.15) is 5.69 Å². The zero-order valence-electron chi connectivity index (χ0n) is 17.6. The molecule has 0 saturated carbocycles. The third kappa shape index (κ3) is 4.24. The van der Waals surface area contributed by atoms with Gasteiger partial charge in [0, 0.05) is 38.9 Å². The fourth-order valence-electron chi connectivity index (χ4n) is 3.87. The monoisotopic (exact) mass is 404 g/mol. The Balaban J connectivity index is 1.40. The molecule has 6 nitrogen and oxygen atoms in total. The van der Waals surface area contributed by atoms with Crippen LogP contribution in [0.15, 0.2) is 54.7 Å². The number of aromatic nitrogens is 2. The molecule has 1 amide bonds. The number of hydrogen-bond acceptors (Lipinski definition) is 4. The van der Waals surface area contributed by atoms with Crippen molar-refractivity contribution in [3.63, 3.8) is 0 Å². The Morgan fingerprint density at radius 1 is 1.10 bits per heavy atom. The Hall–Kier alpha value is -3.12. The van der Waals surface area contributed by atoms with E-state index in [0.29, 0.717) is 23.7 Å². The summed E-state index contributed by atoms with van der Waals surface area (Å²) in [5.41, 5.74) is 3.27. The van der Waals surface area contributed by atoms with Crippen molar-refractivity contribution in [1.29, 1.82) is 0 Å². The fourth-order valence-corrected chi connectivity index (χ4v) is 3.87. The van der Waals surface area contributed by atoms with Crippen molar-refractivity contribution in [3.05, 3.63) is 71.7 Å². The lowest BCUT2D eigenvalue weighted by atomic mass is 10.2. The van der Waals surface area contributed by atoms with Crippen LogP contribution in [0.5, 0.6) is 5.75 Å². The average Bonchev–Trinajstić information content (AvgIpc) is 3.11. The summed E-state index contributed by atoms with van der Waals surface area (Å²) in [6.07, 6.45) is 6.22. The Morgan fingerprint density at radius 3 is 2.60 bits per heavy atom. The van der Waals surface area contributed by atoms with Crippen LogP contribution in [0.1, 0.15) is 28.7 Å². The molecule has 6 heteroatoms. The number of imidazole rings is 1. The van der Waals surface area contributed by atoms with Gasteiger partial charge in [-0.25, -0.2) is 4.98 Å². The van der Waals surface area contributed by atoms with Crippen molar-refractivity contribution in [2.75, 3.05) is 39.3 Å². The lowest BCUT2D eigenvalue weighted by molar-refractivity contribution is 0.0642. The summed E-state index contributed by atoms with van der Waals surface area (Å²) in [5.74, 6) is 0.741. The highest BCUT2D eigenvalue weighted by molar-refractivity contribution is 5.95. The molecule has 0 aliphatic carbocycles. The molecule has 2 aromatic heterocycles. The van der Waals surface area contributed by atoms with E-state index < -0.39 is 0 Å². The molecule has 1 aromatic carbocycles. The van der Waals surface area contributed by atoms with E-state index in [0.717, 1.165) is 38.4 Å². The van der Waals surface area contributed by atoms with Gasteiger partial charge in [-0.05, 0) is 31.5 Å². The van der Waals surface area contributed by atoms with Crippen LogP contribution in [0, 0.1) is 6.92 Å². The lowest BCUT2D eigenvalue weighted by Gasteiger charge is -2.34. The van der Waals surface area contributed by atoms with Gasteiger partial charge in [-0.15, -0.1) is 0 Å². The van der Waals surface area contributed by atoms with Gasteiger partial charge in [-0.3, -0.25) is 14.1 Å². The number of pyridine rings is 1. The number of carbonyl (C=O) groups excluding carboxylic acids is 1. The number of fused-ring (bicyclic) bond motifs is 1. The highest BCUT2D eigenvalue weighted by Crippen LogP contribution is 2.23. The maximum Gasteiger partial charge on any atom is 0.272 e. The minimum atomic E-state index is 0.0353. The van der Waals surface area contributed by atoms with Crippen molar-refractivity contribution in [3.8, 4) is 5.75 Å². The molecule has 0 atom stereocenters. The van der Waals surface area contributed by atoms with E-state index in [1.54, 1.807) is 0 Å². The second-order valence-electron chi connectivity index (χ2n) is 7.45. The van der Waals surface area contributed by atoms with Crippen LogP contribution in [-0.4, -0.2) is 64.4 Å². The summed E-state index contributed by atoms with van der Waals surface area (Å²) in [6, 6.07) is 14.1. The highest BCUT2D eigenvalue weighted by Gasteiger charge is 2.26. The van der Waals surface area contributed by atoms with Crippen molar-refractivity contribution < 1.29 is 9.53 Å². The largest absolute Gasteiger partial charge is 0.490 e. The predicted molar refractivity (Wildman–Crippen MR) is 119 cm³/mol. The van der Waals surface area contributed by atoms with Crippen LogP contribution < -0.4 is 4.74 Å². The normalized spacial score (nSPS) is 15.2. The van der Waals surface area contributed by atoms with Crippen molar-refractivity contribution in [2.45, 2.75) is 13.8 Å². The maximum atomic E-state index is 13.3. The molecule has 156 valence electrons. The SMILES string of the molecule is CCOc1cccn2c(C(=O)N3CCN(C/C=C/c4ccccc4)CC3)c(C)nc12. The first kappa shape index (κ1) is 20.2. The minimum Gasteiger partial charge on any atom is -0.490 e. The molecule has 0 spiro atoms. The molecular formula is C24H28N4O2. The Kier molecular flexibility index (Phi) is 6.14. The molecule has 30 heavy (non-hydrogen) atoms. The van der Waals surface area contributed by atoms with Gasteiger partial charge in [-0.2, -0.15) is 0 Å². The standard InChI is InChI=1S/C24H28N4O2/c1-3-30-21-12-8-14-28-22(19(2)25-23(21)28)24(29)27-17-15-26(16-18-27)13-7-11-20-9-5-4-6-10-20/h4-12,14H,3,13,15-18H2,1-2H3/b11-7+. The van der Waals surface area contributed by atoms with E-state index in [-0.39, 0.29) is 5.91 Å². The number of rotatable bonds is 6. The van der Waals surface area contributed by atoms with E-state index in [4.69, 9.17) is 4.74 Å². The van der Waals surface area contributed by atoms with E-state index >= 15 is 0 Å². The molecule has 1 aliphatic heterocycles. The van der Waals surface area contributed by atoms with Crippen molar-refractivity contribution >= 4 is 17.6 Å². The van der Waals surface area contributed by atoms with Crippen LogP contribution >= 0.6 is 0 Å². The third-order valence-electron chi connectivity index (χ3n) is 5.42. The number of ether oxygens (including phenoxy) is 1. The van der Waals surface area contributed by atoms with Crippen molar-refractivity contribution in [1.82, 2.24) is 19.2 Å². The van der Waals surface area contributed by atoms with Crippen LogP contribution in [0.25, 0.3) is 11.7 Å². The minimum absolute atomic E-state index is 0.0353. The number of amides is 1. The zero-order valence-corrected chi connectivity index (χ0v) is 17.6. The van der Waals surface area contributed by atoms with Crippen LogP contribution in [0.3, 0.4) is 0 Å².